The molecule has 0 unspecified atom stereocenters. The number of amides is 2. The van der Waals surface area contributed by atoms with Crippen molar-refractivity contribution in [3.05, 3.63) is 40.0 Å². The lowest BCUT2D eigenvalue weighted by Crippen LogP contribution is -2.60. The zero-order valence-corrected chi connectivity index (χ0v) is 18.0. The van der Waals surface area contributed by atoms with Crippen molar-refractivity contribution in [2.75, 3.05) is 26.2 Å². The molecule has 2 aromatic rings. The number of hydrogen-bond donors (Lipinski definition) is 1. The Bertz CT molecular complexity index is 980. The lowest BCUT2D eigenvalue weighted by Gasteiger charge is -2.39. The summed E-state index contributed by atoms with van der Waals surface area (Å²) in [5.41, 5.74) is 9.67. The highest BCUT2D eigenvalue weighted by molar-refractivity contribution is 6.36. The fourth-order valence-corrected chi connectivity index (χ4v) is 4.54. The highest BCUT2D eigenvalue weighted by Crippen LogP contribution is 2.33. The third-order valence-electron chi connectivity index (χ3n) is 5.81. The van der Waals surface area contributed by atoms with Crippen LogP contribution in [-0.4, -0.2) is 59.2 Å². The number of rotatable bonds is 3. The van der Waals surface area contributed by atoms with E-state index in [9.17, 15) is 9.59 Å². The monoisotopic (exact) mass is 430 g/mol. The Kier molecular flexibility index (Phi) is 6.11. The largest absolute Gasteiger partial charge is 0.449 e. The van der Waals surface area contributed by atoms with Crippen LogP contribution in [0.15, 0.2) is 18.2 Å². The number of pyridine rings is 1. The molecule has 2 N–H and O–H groups in total. The van der Waals surface area contributed by atoms with E-state index in [0.29, 0.717) is 25.3 Å². The van der Waals surface area contributed by atoms with Crippen molar-refractivity contribution < 1.29 is 14.3 Å². The Morgan fingerprint density at radius 1 is 1.27 bits per heavy atom. The van der Waals surface area contributed by atoms with Crippen LogP contribution in [0.1, 0.15) is 47.8 Å². The fourth-order valence-electron chi connectivity index (χ4n) is 4.17. The molecule has 0 saturated carbocycles. The maximum atomic E-state index is 13.1. The van der Waals surface area contributed by atoms with E-state index in [2.05, 4.69) is 0 Å². The van der Waals surface area contributed by atoms with Crippen molar-refractivity contribution in [2.24, 2.45) is 5.73 Å². The molecule has 0 spiro atoms. The van der Waals surface area contributed by atoms with Crippen molar-refractivity contribution in [3.63, 3.8) is 0 Å². The second-order valence-electron chi connectivity index (χ2n) is 7.92. The van der Waals surface area contributed by atoms with Gasteiger partial charge in [-0.05, 0) is 49.8 Å². The molecule has 30 heavy (non-hydrogen) atoms. The summed E-state index contributed by atoms with van der Waals surface area (Å²) in [6, 6.07) is 5.45. The van der Waals surface area contributed by atoms with Crippen molar-refractivity contribution in [1.82, 2.24) is 14.8 Å². The third kappa shape index (κ3) is 3.96. The Morgan fingerprint density at radius 3 is 2.83 bits per heavy atom. The van der Waals surface area contributed by atoms with Crippen molar-refractivity contribution in [3.8, 4) is 0 Å². The van der Waals surface area contributed by atoms with Crippen LogP contribution < -0.4 is 5.73 Å². The van der Waals surface area contributed by atoms with E-state index in [1.165, 1.54) is 0 Å². The minimum absolute atomic E-state index is 0.165. The molecular weight excluding hydrogens is 404 g/mol. The molecule has 1 aromatic carbocycles. The van der Waals surface area contributed by atoms with Gasteiger partial charge < -0.3 is 20.3 Å². The van der Waals surface area contributed by atoms with E-state index < -0.39 is 6.17 Å². The Balaban J connectivity index is 1.53. The van der Waals surface area contributed by atoms with Gasteiger partial charge in [-0.2, -0.15) is 0 Å². The molecule has 4 rings (SSSR count). The summed E-state index contributed by atoms with van der Waals surface area (Å²) >= 11 is 6.64. The van der Waals surface area contributed by atoms with Crippen LogP contribution in [0.25, 0.3) is 10.9 Å². The molecular formula is C22H27ClN4O3. The van der Waals surface area contributed by atoms with Gasteiger partial charge in [0.05, 0.1) is 29.9 Å². The van der Waals surface area contributed by atoms with E-state index in [1.807, 2.05) is 13.0 Å². The molecule has 1 fully saturated rings. The number of halogens is 1. The van der Waals surface area contributed by atoms with Crippen molar-refractivity contribution in [1.29, 1.82) is 0 Å². The van der Waals surface area contributed by atoms with Gasteiger partial charge in [-0.1, -0.05) is 24.6 Å². The summed E-state index contributed by atoms with van der Waals surface area (Å²) in [5.74, 6) is -0.165. The highest BCUT2D eigenvalue weighted by Gasteiger charge is 2.31. The Labute approximate surface area is 181 Å². The number of aryl methyl sites for hydroxylation is 1. The molecule has 1 aromatic heterocycles. The Morgan fingerprint density at radius 2 is 2.07 bits per heavy atom. The fraction of sp³-hybridized carbons (Fsp3) is 0.500. The van der Waals surface area contributed by atoms with Gasteiger partial charge in [0, 0.05) is 29.7 Å². The van der Waals surface area contributed by atoms with Gasteiger partial charge in [0.25, 0.3) is 5.91 Å². The zero-order chi connectivity index (χ0) is 21.3. The van der Waals surface area contributed by atoms with Crippen molar-refractivity contribution >= 4 is 34.5 Å². The van der Waals surface area contributed by atoms with Gasteiger partial charge in [-0.25, -0.2) is 4.79 Å². The van der Waals surface area contributed by atoms with Crippen molar-refractivity contribution in [2.45, 2.75) is 45.2 Å². The summed E-state index contributed by atoms with van der Waals surface area (Å²) in [6.45, 7) is 3.32. The maximum absolute atomic E-state index is 13.1. The summed E-state index contributed by atoms with van der Waals surface area (Å²) in [7, 11) is 0. The molecule has 7 nitrogen and oxygen atoms in total. The van der Waals surface area contributed by atoms with Crippen LogP contribution in [0, 0.1) is 0 Å². The first-order chi connectivity index (χ1) is 14.5. The topological polar surface area (TPSA) is 88.8 Å². The van der Waals surface area contributed by atoms with Gasteiger partial charge in [-0.15, -0.1) is 0 Å². The number of carbonyl (C=O) groups is 2. The second kappa shape index (κ2) is 8.78. The molecule has 2 amide bonds. The minimum atomic E-state index is -0.587. The molecule has 2 heterocycles. The maximum Gasteiger partial charge on any atom is 0.409 e. The number of nitrogens with two attached hydrogens (primary N) is 1. The number of aromatic nitrogens is 1. The van der Waals surface area contributed by atoms with Crippen LogP contribution >= 0.6 is 11.6 Å². The molecule has 1 saturated heterocycles. The molecule has 2 aliphatic rings. The summed E-state index contributed by atoms with van der Waals surface area (Å²) in [6.07, 6.45) is 3.92. The van der Waals surface area contributed by atoms with Crippen LogP contribution in [0.3, 0.4) is 0 Å². The average molecular weight is 431 g/mol. The zero-order valence-electron chi connectivity index (χ0n) is 17.2. The minimum Gasteiger partial charge on any atom is -0.449 e. The van der Waals surface area contributed by atoms with Gasteiger partial charge in [0.15, 0.2) is 0 Å². The first-order valence-electron chi connectivity index (χ1n) is 10.6. The Hall–Kier alpha value is -2.38. The summed E-state index contributed by atoms with van der Waals surface area (Å²) < 4.78 is 5.17. The molecule has 0 radical (unpaired) electrons. The van der Waals surface area contributed by atoms with Crippen LogP contribution in [0.2, 0.25) is 5.02 Å². The smallest absolute Gasteiger partial charge is 0.409 e. The predicted molar refractivity (Wildman–Crippen MR) is 116 cm³/mol. The molecule has 1 aliphatic carbocycles. The number of fused-ring (bicyclic) bond motifs is 2. The van der Waals surface area contributed by atoms with Gasteiger partial charge in [-0.3, -0.25) is 9.78 Å². The number of nitrogens with zero attached hydrogens (tertiary/aromatic N) is 3. The molecule has 1 aliphatic heterocycles. The van der Waals surface area contributed by atoms with Crippen LogP contribution in [-0.2, 0) is 17.6 Å². The number of carbonyl (C=O) groups excluding carboxylic acids is 2. The standard InChI is InChI=1S/C22H27ClN4O3/c1-2-11-30-22(29)26-9-10-27(19(24)13-26)21(28)14-7-8-16-18(12-14)25-17-6-4-3-5-15(17)20(16)23/h7-8,12,19H,2-6,9-11,13,24H2,1H3/t19-/m0/s1. The average Bonchev–Trinajstić information content (AvgIpc) is 2.76. The predicted octanol–water partition coefficient (Wildman–Crippen LogP) is 3.36. The van der Waals surface area contributed by atoms with E-state index in [1.54, 1.807) is 21.9 Å². The number of ether oxygens (including phenoxy) is 1. The quantitative estimate of drug-likeness (QED) is 0.806. The van der Waals surface area contributed by atoms with Crippen LogP contribution in [0.4, 0.5) is 4.79 Å². The molecule has 8 heteroatoms. The van der Waals surface area contributed by atoms with E-state index in [4.69, 9.17) is 27.1 Å². The van der Waals surface area contributed by atoms with E-state index >= 15 is 0 Å². The first kappa shape index (κ1) is 20.9. The number of piperazine rings is 1. The van der Waals surface area contributed by atoms with Gasteiger partial charge in [0.1, 0.15) is 0 Å². The van der Waals surface area contributed by atoms with Gasteiger partial charge >= 0.3 is 6.09 Å². The van der Waals surface area contributed by atoms with Gasteiger partial charge in [0.2, 0.25) is 0 Å². The van der Waals surface area contributed by atoms with Crippen LogP contribution in [0.5, 0.6) is 0 Å². The second-order valence-corrected chi connectivity index (χ2v) is 8.29. The molecule has 160 valence electrons. The van der Waals surface area contributed by atoms with E-state index in [0.717, 1.165) is 59.3 Å². The molecule has 1 atom stereocenters. The SMILES string of the molecule is CCCOC(=O)N1CCN(C(=O)c2ccc3c(Cl)c4c(nc3c2)CCCC4)[C@H](N)C1. The summed E-state index contributed by atoms with van der Waals surface area (Å²) in [5, 5.41) is 1.63. The summed E-state index contributed by atoms with van der Waals surface area (Å²) in [4.78, 5) is 33.1. The number of hydrogen-bond acceptors (Lipinski definition) is 5. The normalized spacial score (nSPS) is 19.0. The third-order valence-corrected chi connectivity index (χ3v) is 6.24. The highest BCUT2D eigenvalue weighted by atomic mass is 35.5. The lowest BCUT2D eigenvalue weighted by atomic mass is 9.94. The number of benzene rings is 1. The van der Waals surface area contributed by atoms with E-state index in [-0.39, 0.29) is 18.5 Å². The first-order valence-corrected chi connectivity index (χ1v) is 11.0. The lowest BCUT2D eigenvalue weighted by molar-refractivity contribution is 0.0392. The molecule has 0 bridgehead atoms.